The van der Waals surface area contributed by atoms with Crippen LogP contribution in [-0.4, -0.2) is 27.7 Å². The van der Waals surface area contributed by atoms with Crippen molar-refractivity contribution in [2.45, 2.75) is 19.9 Å². The van der Waals surface area contributed by atoms with Gasteiger partial charge in [0.05, 0.1) is 29.1 Å². The first-order valence-corrected chi connectivity index (χ1v) is 9.38. The third-order valence-electron chi connectivity index (χ3n) is 4.33. The molecule has 0 aliphatic heterocycles. The van der Waals surface area contributed by atoms with Crippen LogP contribution in [0.4, 0.5) is 21.8 Å². The summed E-state index contributed by atoms with van der Waals surface area (Å²) in [6.45, 7) is 3.93. The van der Waals surface area contributed by atoms with Gasteiger partial charge in [0.15, 0.2) is 0 Å². The summed E-state index contributed by atoms with van der Waals surface area (Å²) in [5.74, 6) is 0.427. The third kappa shape index (κ3) is 4.77. The number of hydrogen-bond acceptors (Lipinski definition) is 5. The standard InChI is InChI=1S/C21H22ClFN4O/c1-13(2)18(12-28)25-21-24-17(14-7-4-3-5-8-14)11-19(27-21)26-20-15(22)9-6-10-16(20)23/h3-11,13,18,28H,12H2,1-2H3,(H2,24,25,26,27)/t18-/m1/s1. The normalized spacial score (nSPS) is 12.1. The Labute approximate surface area is 168 Å². The van der Waals surface area contributed by atoms with Crippen molar-refractivity contribution in [3.05, 3.63) is 65.4 Å². The lowest BCUT2D eigenvalue weighted by Gasteiger charge is -2.21. The minimum Gasteiger partial charge on any atom is -0.394 e. The number of para-hydroxylation sites is 1. The van der Waals surface area contributed by atoms with Crippen molar-refractivity contribution in [3.8, 4) is 11.3 Å². The molecule has 1 aromatic heterocycles. The summed E-state index contributed by atoms with van der Waals surface area (Å²) in [6.07, 6.45) is 0. The van der Waals surface area contributed by atoms with Gasteiger partial charge >= 0.3 is 0 Å². The van der Waals surface area contributed by atoms with Crippen LogP contribution in [0.25, 0.3) is 11.3 Å². The summed E-state index contributed by atoms with van der Waals surface area (Å²) in [4.78, 5) is 9.00. The minimum absolute atomic E-state index is 0.0570. The second kappa shape index (κ2) is 8.99. The molecule has 3 rings (SSSR count). The van der Waals surface area contributed by atoms with Gasteiger partial charge in [0, 0.05) is 11.6 Å². The maximum atomic E-state index is 14.2. The van der Waals surface area contributed by atoms with E-state index in [9.17, 15) is 9.50 Å². The number of aromatic nitrogens is 2. The lowest BCUT2D eigenvalue weighted by Crippen LogP contribution is -2.30. The van der Waals surface area contributed by atoms with Crippen LogP contribution in [0.3, 0.4) is 0 Å². The molecule has 0 aliphatic carbocycles. The number of aliphatic hydroxyl groups is 1. The zero-order valence-corrected chi connectivity index (χ0v) is 16.4. The van der Waals surface area contributed by atoms with E-state index in [-0.39, 0.29) is 29.3 Å². The fourth-order valence-electron chi connectivity index (χ4n) is 2.67. The van der Waals surface area contributed by atoms with Gasteiger partial charge in [-0.15, -0.1) is 0 Å². The molecule has 0 saturated carbocycles. The van der Waals surface area contributed by atoms with Crippen molar-refractivity contribution in [3.63, 3.8) is 0 Å². The second-order valence-corrected chi connectivity index (χ2v) is 7.13. The van der Waals surface area contributed by atoms with E-state index in [2.05, 4.69) is 20.6 Å². The fraction of sp³-hybridized carbons (Fsp3) is 0.238. The average Bonchev–Trinajstić information content (AvgIpc) is 2.69. The van der Waals surface area contributed by atoms with Crippen LogP contribution in [0, 0.1) is 11.7 Å². The maximum Gasteiger partial charge on any atom is 0.225 e. The van der Waals surface area contributed by atoms with Crippen molar-refractivity contribution in [2.24, 2.45) is 5.92 Å². The number of benzene rings is 2. The van der Waals surface area contributed by atoms with E-state index in [0.717, 1.165) is 5.56 Å². The summed E-state index contributed by atoms with van der Waals surface area (Å²) >= 11 is 6.13. The molecule has 0 amide bonds. The quantitative estimate of drug-likeness (QED) is 0.514. The highest BCUT2D eigenvalue weighted by Crippen LogP contribution is 2.29. The third-order valence-corrected chi connectivity index (χ3v) is 4.64. The highest BCUT2D eigenvalue weighted by Gasteiger charge is 2.16. The van der Waals surface area contributed by atoms with Crippen LogP contribution in [0.1, 0.15) is 13.8 Å². The maximum absolute atomic E-state index is 14.2. The Bertz CT molecular complexity index is 917. The Hall–Kier alpha value is -2.70. The summed E-state index contributed by atoms with van der Waals surface area (Å²) in [5.41, 5.74) is 1.70. The monoisotopic (exact) mass is 400 g/mol. The molecule has 7 heteroatoms. The number of nitrogens with one attached hydrogen (secondary N) is 2. The van der Waals surface area contributed by atoms with Crippen LogP contribution < -0.4 is 10.6 Å². The molecule has 5 nitrogen and oxygen atoms in total. The molecule has 0 radical (unpaired) electrons. The molecular formula is C21H22ClFN4O. The van der Waals surface area contributed by atoms with Gasteiger partial charge in [-0.05, 0) is 18.1 Å². The van der Waals surface area contributed by atoms with Gasteiger partial charge in [-0.1, -0.05) is 61.8 Å². The van der Waals surface area contributed by atoms with Gasteiger partial charge in [0.25, 0.3) is 0 Å². The van der Waals surface area contributed by atoms with Crippen LogP contribution in [0.2, 0.25) is 5.02 Å². The van der Waals surface area contributed by atoms with E-state index in [1.54, 1.807) is 18.2 Å². The highest BCUT2D eigenvalue weighted by molar-refractivity contribution is 6.33. The molecule has 0 unspecified atom stereocenters. The first-order valence-electron chi connectivity index (χ1n) is 9.01. The summed E-state index contributed by atoms with van der Waals surface area (Å²) in [6, 6.07) is 15.6. The van der Waals surface area contributed by atoms with Crippen molar-refractivity contribution in [1.29, 1.82) is 0 Å². The van der Waals surface area contributed by atoms with Crippen LogP contribution in [0.15, 0.2) is 54.6 Å². The van der Waals surface area contributed by atoms with E-state index in [1.807, 2.05) is 44.2 Å². The Morgan fingerprint density at radius 3 is 2.46 bits per heavy atom. The van der Waals surface area contributed by atoms with E-state index in [4.69, 9.17) is 11.6 Å². The van der Waals surface area contributed by atoms with Crippen LogP contribution in [0.5, 0.6) is 0 Å². The zero-order chi connectivity index (χ0) is 20.1. The van der Waals surface area contributed by atoms with E-state index in [1.165, 1.54) is 6.07 Å². The van der Waals surface area contributed by atoms with Gasteiger partial charge in [-0.3, -0.25) is 0 Å². The number of rotatable bonds is 7. The molecule has 3 N–H and O–H groups in total. The molecule has 3 aromatic rings. The number of aliphatic hydroxyl groups excluding tert-OH is 1. The van der Waals surface area contributed by atoms with Crippen molar-refractivity contribution in [2.75, 3.05) is 17.2 Å². The molecule has 1 atom stereocenters. The Morgan fingerprint density at radius 1 is 1.07 bits per heavy atom. The largest absolute Gasteiger partial charge is 0.394 e. The number of halogens is 2. The first kappa shape index (κ1) is 20.0. The predicted molar refractivity (Wildman–Crippen MR) is 111 cm³/mol. The smallest absolute Gasteiger partial charge is 0.225 e. The van der Waals surface area contributed by atoms with E-state index in [0.29, 0.717) is 17.5 Å². The molecule has 0 spiro atoms. The van der Waals surface area contributed by atoms with Gasteiger partial charge in [-0.2, -0.15) is 4.98 Å². The predicted octanol–water partition coefficient (Wildman–Crippen LogP) is 5.11. The Morgan fingerprint density at radius 2 is 1.82 bits per heavy atom. The summed E-state index contributed by atoms with van der Waals surface area (Å²) in [5, 5.41) is 16.0. The SMILES string of the molecule is CC(C)[C@@H](CO)Nc1nc(Nc2c(F)cccc2Cl)cc(-c2ccccc2)n1. The topological polar surface area (TPSA) is 70.1 Å². The molecule has 0 saturated heterocycles. The molecule has 146 valence electrons. The number of nitrogens with zero attached hydrogens (tertiary/aromatic N) is 2. The van der Waals surface area contributed by atoms with Crippen LogP contribution >= 0.6 is 11.6 Å². The second-order valence-electron chi connectivity index (χ2n) is 6.73. The van der Waals surface area contributed by atoms with Gasteiger partial charge in [-0.25, -0.2) is 9.37 Å². The minimum atomic E-state index is -0.475. The molecular weight excluding hydrogens is 379 g/mol. The summed E-state index contributed by atoms with van der Waals surface area (Å²) < 4.78 is 14.2. The Kier molecular flexibility index (Phi) is 6.44. The molecule has 2 aromatic carbocycles. The number of hydrogen-bond donors (Lipinski definition) is 3. The molecule has 0 bridgehead atoms. The molecule has 0 fully saturated rings. The number of anilines is 3. The zero-order valence-electron chi connectivity index (χ0n) is 15.7. The van der Waals surface area contributed by atoms with Crippen molar-refractivity contribution < 1.29 is 9.50 Å². The first-order chi connectivity index (χ1) is 13.5. The Balaban J connectivity index is 2.02. The van der Waals surface area contributed by atoms with Crippen molar-refractivity contribution in [1.82, 2.24) is 9.97 Å². The average molecular weight is 401 g/mol. The molecule has 1 heterocycles. The van der Waals surface area contributed by atoms with Crippen LogP contribution in [-0.2, 0) is 0 Å². The molecule has 0 aliphatic rings. The lowest BCUT2D eigenvalue weighted by molar-refractivity contribution is 0.248. The van der Waals surface area contributed by atoms with Gasteiger partial charge in [0.1, 0.15) is 11.6 Å². The van der Waals surface area contributed by atoms with Gasteiger partial charge in [0.2, 0.25) is 5.95 Å². The van der Waals surface area contributed by atoms with E-state index >= 15 is 0 Å². The fourth-order valence-corrected chi connectivity index (χ4v) is 2.88. The van der Waals surface area contributed by atoms with E-state index < -0.39 is 5.82 Å². The highest BCUT2D eigenvalue weighted by atomic mass is 35.5. The molecule has 28 heavy (non-hydrogen) atoms. The van der Waals surface area contributed by atoms with Crippen molar-refractivity contribution >= 4 is 29.1 Å². The van der Waals surface area contributed by atoms with Gasteiger partial charge < -0.3 is 15.7 Å². The lowest BCUT2D eigenvalue weighted by atomic mass is 10.1. The summed E-state index contributed by atoms with van der Waals surface area (Å²) in [7, 11) is 0.